The molecule has 6 nitrogen and oxygen atoms in total. The maximum Gasteiger partial charge on any atom is 0.431 e. The molecule has 0 saturated heterocycles. The molecule has 0 aliphatic rings. The van der Waals surface area contributed by atoms with Gasteiger partial charge in [-0.3, -0.25) is 9.59 Å². The Balaban J connectivity index is 2.15. The van der Waals surface area contributed by atoms with Crippen molar-refractivity contribution in [2.24, 2.45) is 0 Å². The summed E-state index contributed by atoms with van der Waals surface area (Å²) in [5, 5.41) is 2.49. The second kappa shape index (κ2) is 8.32. The number of carbonyl (C=O) groups excluding carboxylic acids is 1. The van der Waals surface area contributed by atoms with E-state index >= 15 is 0 Å². The maximum absolute atomic E-state index is 13.6. The van der Waals surface area contributed by atoms with E-state index in [-0.39, 0.29) is 17.1 Å². The highest BCUT2D eigenvalue weighted by atomic mass is 19.4. The second-order valence-electron chi connectivity index (χ2n) is 6.13. The Hall–Kier alpha value is -3.75. The summed E-state index contributed by atoms with van der Waals surface area (Å²) in [6.45, 7) is 0. The summed E-state index contributed by atoms with van der Waals surface area (Å²) in [6, 6.07) is 12.8. The van der Waals surface area contributed by atoms with E-state index < -0.39 is 28.8 Å². The lowest BCUT2D eigenvalue weighted by molar-refractivity contribution is -0.142. The number of rotatable bonds is 5. The Morgan fingerprint density at radius 3 is 2.20 bits per heavy atom. The lowest BCUT2D eigenvalue weighted by Crippen LogP contribution is -2.27. The van der Waals surface area contributed by atoms with Crippen molar-refractivity contribution in [3.63, 3.8) is 0 Å². The zero-order valence-electron chi connectivity index (χ0n) is 16.0. The highest BCUT2D eigenvalue weighted by molar-refractivity contribution is 6.04. The second-order valence-corrected chi connectivity index (χ2v) is 6.13. The number of benzene rings is 2. The van der Waals surface area contributed by atoms with Crippen LogP contribution in [0.1, 0.15) is 16.1 Å². The fourth-order valence-corrected chi connectivity index (χ4v) is 2.89. The van der Waals surface area contributed by atoms with Crippen molar-refractivity contribution in [3.05, 3.63) is 82.3 Å². The monoisotopic (exact) mass is 418 g/mol. The molecule has 0 aliphatic carbocycles. The molecule has 0 atom stereocenters. The fourth-order valence-electron chi connectivity index (χ4n) is 2.89. The van der Waals surface area contributed by atoms with Gasteiger partial charge in [0, 0.05) is 12.3 Å². The van der Waals surface area contributed by atoms with E-state index in [4.69, 9.17) is 9.47 Å². The van der Waals surface area contributed by atoms with E-state index in [1.54, 1.807) is 30.3 Å². The van der Waals surface area contributed by atoms with Crippen LogP contribution in [0.25, 0.3) is 5.69 Å². The fraction of sp³-hybridized carbons (Fsp3) is 0.143. The Labute approximate surface area is 169 Å². The number of aromatic nitrogens is 1. The number of ether oxygens (including phenoxy) is 2. The van der Waals surface area contributed by atoms with Crippen molar-refractivity contribution in [2.75, 3.05) is 19.5 Å². The zero-order valence-corrected chi connectivity index (χ0v) is 16.0. The highest BCUT2D eigenvalue weighted by Crippen LogP contribution is 2.33. The van der Waals surface area contributed by atoms with Gasteiger partial charge >= 0.3 is 6.18 Å². The standard InChI is InChI=1S/C21H17F3N2O4/c1-29-17-9-5-3-7-14(17)25-20(28)13-12-26(15-8-4-6-10-18(15)30-2)19(11-16(13)27)21(22,23)24/h3-12H,1-2H3,(H,25,28). The van der Waals surface area contributed by atoms with E-state index in [0.717, 1.165) is 10.8 Å². The van der Waals surface area contributed by atoms with Gasteiger partial charge in [-0.15, -0.1) is 0 Å². The molecule has 0 aliphatic heterocycles. The average Bonchev–Trinajstić information content (AvgIpc) is 2.73. The minimum Gasteiger partial charge on any atom is -0.495 e. The third kappa shape index (κ3) is 4.14. The SMILES string of the molecule is COc1ccccc1NC(=O)c1cn(-c2ccccc2OC)c(C(F)(F)F)cc1=O. The van der Waals surface area contributed by atoms with Crippen LogP contribution in [0.2, 0.25) is 0 Å². The Kier molecular flexibility index (Phi) is 5.81. The van der Waals surface area contributed by atoms with Gasteiger partial charge < -0.3 is 19.4 Å². The van der Waals surface area contributed by atoms with Crippen molar-refractivity contribution in [1.82, 2.24) is 4.57 Å². The molecule has 9 heteroatoms. The molecule has 30 heavy (non-hydrogen) atoms. The number of hydrogen-bond donors (Lipinski definition) is 1. The van der Waals surface area contributed by atoms with Crippen LogP contribution in [-0.4, -0.2) is 24.7 Å². The number of amides is 1. The van der Waals surface area contributed by atoms with Gasteiger partial charge in [-0.25, -0.2) is 0 Å². The Morgan fingerprint density at radius 2 is 1.57 bits per heavy atom. The number of para-hydroxylation sites is 4. The molecule has 0 bridgehead atoms. The number of pyridine rings is 1. The number of nitrogens with one attached hydrogen (secondary N) is 1. The van der Waals surface area contributed by atoms with E-state index in [9.17, 15) is 22.8 Å². The van der Waals surface area contributed by atoms with Crippen molar-refractivity contribution in [1.29, 1.82) is 0 Å². The molecule has 0 unspecified atom stereocenters. The van der Waals surface area contributed by atoms with Crippen LogP contribution in [0.5, 0.6) is 11.5 Å². The number of alkyl halides is 3. The first kappa shape index (κ1) is 21.0. The van der Waals surface area contributed by atoms with Crippen molar-refractivity contribution >= 4 is 11.6 Å². The summed E-state index contributed by atoms with van der Waals surface area (Å²) < 4.78 is 51.8. The molecule has 0 spiro atoms. The average molecular weight is 418 g/mol. The molecular formula is C21H17F3N2O4. The zero-order chi connectivity index (χ0) is 21.9. The first-order chi connectivity index (χ1) is 14.3. The van der Waals surface area contributed by atoms with Crippen LogP contribution in [-0.2, 0) is 6.18 Å². The van der Waals surface area contributed by atoms with E-state index in [1.165, 1.54) is 32.4 Å². The molecule has 0 radical (unpaired) electrons. The summed E-state index contributed by atoms with van der Waals surface area (Å²) in [6.07, 6.45) is -3.98. The highest BCUT2D eigenvalue weighted by Gasteiger charge is 2.36. The Morgan fingerprint density at radius 1 is 0.967 bits per heavy atom. The van der Waals surface area contributed by atoms with Crippen LogP contribution < -0.4 is 20.2 Å². The maximum atomic E-state index is 13.6. The Bertz CT molecular complexity index is 1140. The third-order valence-electron chi connectivity index (χ3n) is 4.29. The number of nitrogens with zero attached hydrogens (tertiary/aromatic N) is 1. The van der Waals surface area contributed by atoms with Gasteiger partial charge in [-0.1, -0.05) is 24.3 Å². The molecule has 3 aromatic rings. The van der Waals surface area contributed by atoms with Gasteiger partial charge in [0.1, 0.15) is 22.8 Å². The molecule has 1 amide bonds. The number of hydrogen-bond acceptors (Lipinski definition) is 4. The van der Waals surface area contributed by atoms with Crippen LogP contribution in [0.3, 0.4) is 0 Å². The minimum absolute atomic E-state index is 0.0265. The normalized spacial score (nSPS) is 11.1. The van der Waals surface area contributed by atoms with Crippen LogP contribution in [0.15, 0.2) is 65.6 Å². The lowest BCUT2D eigenvalue weighted by atomic mass is 10.1. The van der Waals surface area contributed by atoms with E-state index in [2.05, 4.69) is 5.32 Å². The van der Waals surface area contributed by atoms with Gasteiger partial charge in [0.25, 0.3) is 5.91 Å². The topological polar surface area (TPSA) is 69.6 Å². The number of methoxy groups -OCH3 is 2. The van der Waals surface area contributed by atoms with Crippen LogP contribution >= 0.6 is 0 Å². The van der Waals surface area contributed by atoms with Gasteiger partial charge in [-0.2, -0.15) is 13.2 Å². The van der Waals surface area contributed by atoms with Gasteiger partial charge in [0.15, 0.2) is 5.43 Å². The van der Waals surface area contributed by atoms with Gasteiger partial charge in [0.05, 0.1) is 25.6 Å². The molecule has 1 heterocycles. The summed E-state index contributed by atoms with van der Waals surface area (Å²) in [4.78, 5) is 25.1. The predicted molar refractivity (Wildman–Crippen MR) is 105 cm³/mol. The third-order valence-corrected chi connectivity index (χ3v) is 4.29. The molecule has 2 aromatic carbocycles. The summed E-state index contributed by atoms with van der Waals surface area (Å²) in [5.74, 6) is -0.396. The number of carbonyl (C=O) groups is 1. The van der Waals surface area contributed by atoms with E-state index in [1.807, 2.05) is 0 Å². The molecule has 156 valence electrons. The number of anilines is 1. The van der Waals surface area contributed by atoms with E-state index in [0.29, 0.717) is 11.8 Å². The predicted octanol–water partition coefficient (Wildman–Crippen LogP) is 4.13. The molecule has 1 aromatic heterocycles. The molecular weight excluding hydrogens is 401 g/mol. The summed E-state index contributed by atoms with van der Waals surface area (Å²) >= 11 is 0. The van der Waals surface area contributed by atoms with Crippen molar-refractivity contribution < 1.29 is 27.4 Å². The summed E-state index contributed by atoms with van der Waals surface area (Å²) in [5.41, 5.74) is -2.47. The molecule has 3 rings (SSSR count). The largest absolute Gasteiger partial charge is 0.495 e. The van der Waals surface area contributed by atoms with Crippen LogP contribution in [0, 0.1) is 0 Å². The first-order valence-electron chi connectivity index (χ1n) is 8.68. The smallest absolute Gasteiger partial charge is 0.431 e. The van der Waals surface area contributed by atoms with Crippen molar-refractivity contribution in [2.45, 2.75) is 6.18 Å². The quantitative estimate of drug-likeness (QED) is 0.677. The molecule has 1 N–H and O–H groups in total. The number of halogens is 3. The van der Waals surface area contributed by atoms with Crippen molar-refractivity contribution in [3.8, 4) is 17.2 Å². The summed E-state index contributed by atoms with van der Waals surface area (Å²) in [7, 11) is 2.71. The molecule has 0 fully saturated rings. The van der Waals surface area contributed by atoms with Crippen LogP contribution in [0.4, 0.5) is 18.9 Å². The lowest BCUT2D eigenvalue weighted by Gasteiger charge is -2.19. The minimum atomic E-state index is -4.84. The van der Waals surface area contributed by atoms with Gasteiger partial charge in [-0.05, 0) is 24.3 Å². The van der Waals surface area contributed by atoms with Gasteiger partial charge in [0.2, 0.25) is 0 Å². The molecule has 0 saturated carbocycles. The first-order valence-corrected chi connectivity index (χ1v) is 8.68.